The van der Waals surface area contributed by atoms with Gasteiger partial charge in [0.05, 0.1) is 26.4 Å². The number of phosphoric ester groups is 2. The van der Waals surface area contributed by atoms with Crippen molar-refractivity contribution in [2.45, 2.75) is 316 Å². The smallest absolute Gasteiger partial charge is 0.462 e. The van der Waals surface area contributed by atoms with Crippen LogP contribution in [0.4, 0.5) is 0 Å². The highest BCUT2D eigenvalue weighted by atomic mass is 31.2. The quantitative estimate of drug-likeness (QED) is 0.0169. The number of ether oxygens (including phenoxy) is 4. The van der Waals surface area contributed by atoms with E-state index in [1.807, 2.05) is 36.5 Å². The van der Waals surface area contributed by atoms with Crippen LogP contribution in [0.5, 0.6) is 0 Å². The molecule has 0 bridgehead atoms. The van der Waals surface area contributed by atoms with Crippen molar-refractivity contribution in [2.24, 2.45) is 0 Å². The fraction of sp³-hybridized carbons (Fsp3) is 0.632. The molecule has 5 atom stereocenters. The third-order valence-electron chi connectivity index (χ3n) is 16.1. The van der Waals surface area contributed by atoms with Crippen LogP contribution in [0.25, 0.3) is 0 Å². The van der Waals surface area contributed by atoms with Gasteiger partial charge in [0.15, 0.2) is 12.2 Å². The maximum Gasteiger partial charge on any atom is 0.472 e. The van der Waals surface area contributed by atoms with Crippen molar-refractivity contribution < 1.29 is 80.2 Å². The number of rotatable bonds is 74. The summed E-state index contributed by atoms with van der Waals surface area (Å²) in [5.74, 6) is -2.40. The molecule has 106 heavy (non-hydrogen) atoms. The Morgan fingerprint density at radius 3 is 0.745 bits per heavy atom. The van der Waals surface area contributed by atoms with Gasteiger partial charge < -0.3 is 33.8 Å². The second-order valence-electron chi connectivity index (χ2n) is 26.3. The molecule has 0 aliphatic rings. The summed E-state index contributed by atoms with van der Waals surface area (Å²) in [5, 5.41) is 10.6. The fourth-order valence-corrected chi connectivity index (χ4v) is 11.5. The van der Waals surface area contributed by atoms with E-state index in [-0.39, 0.29) is 25.7 Å². The van der Waals surface area contributed by atoms with Gasteiger partial charge in [0.1, 0.15) is 19.3 Å². The minimum Gasteiger partial charge on any atom is -0.462 e. The average molecular weight is 1520 g/mol. The molecule has 602 valence electrons. The van der Waals surface area contributed by atoms with Gasteiger partial charge in [-0.25, -0.2) is 9.13 Å². The standard InChI is InChI=1S/C87H142O17P2/c1-5-9-13-17-21-25-29-33-37-40-44-48-52-56-60-64-68-72-85(90)98-78-83(104-87(92)74-70-66-62-58-54-50-46-42-39-35-31-27-23-19-15-11-7-3)80-102-106(95,96)100-76-81(88)75-99-105(93,94)101-79-82(77-97-84(89)71-67-63-59-55-51-47-43-36-32-28-24-20-16-12-8-4)103-86(91)73-69-65-61-57-53-49-45-41-38-34-30-26-22-18-14-10-6-2/h21-28,33-39,43-46,48-50,56-58,60-62,81-83,88H,5-20,29-32,40-42,47,51-55,59,63-80H2,1-4H3,(H,93,94)(H,95,96)/b25-21-,26-22-,27-23-,28-24-,37-33-,38-34-,39-35-,43-36-,48-44-,49-45-,50-46-,60-56-,61-57-,62-58-/t81-,82+,83+/m0/s1. The van der Waals surface area contributed by atoms with Crippen molar-refractivity contribution in [1.82, 2.24) is 0 Å². The average Bonchev–Trinajstić information content (AvgIpc) is 0.905. The Hall–Kier alpha value is -5.58. The number of aliphatic hydroxyl groups is 1. The summed E-state index contributed by atoms with van der Waals surface area (Å²) in [6.45, 7) is 4.54. The maximum atomic E-state index is 13.1. The van der Waals surface area contributed by atoms with E-state index in [2.05, 4.69) is 161 Å². The summed E-state index contributed by atoms with van der Waals surface area (Å²) in [4.78, 5) is 73.0. The van der Waals surface area contributed by atoms with Crippen LogP contribution in [0.1, 0.15) is 297 Å². The van der Waals surface area contributed by atoms with Crippen molar-refractivity contribution in [2.75, 3.05) is 39.6 Å². The molecule has 19 heteroatoms. The monoisotopic (exact) mass is 1520 g/mol. The van der Waals surface area contributed by atoms with Crippen molar-refractivity contribution >= 4 is 39.5 Å². The van der Waals surface area contributed by atoms with Crippen LogP contribution < -0.4 is 0 Å². The topological polar surface area (TPSA) is 237 Å². The van der Waals surface area contributed by atoms with E-state index in [1.54, 1.807) is 0 Å². The van der Waals surface area contributed by atoms with Crippen LogP contribution in [0.2, 0.25) is 0 Å². The molecule has 0 amide bonds. The minimum absolute atomic E-state index is 0.000270. The number of allylic oxidation sites excluding steroid dienone is 28. The molecule has 0 aromatic carbocycles. The zero-order valence-electron chi connectivity index (χ0n) is 65.8. The van der Waals surface area contributed by atoms with Crippen LogP contribution in [0, 0.1) is 0 Å². The Balaban J connectivity index is 5.55. The molecule has 0 aliphatic heterocycles. The van der Waals surface area contributed by atoms with Gasteiger partial charge >= 0.3 is 39.5 Å². The second-order valence-corrected chi connectivity index (χ2v) is 29.2. The number of carbonyl (C=O) groups is 4. The molecule has 0 heterocycles. The third kappa shape index (κ3) is 76.6. The van der Waals surface area contributed by atoms with E-state index < -0.39 is 97.5 Å². The first-order chi connectivity index (χ1) is 51.7. The fourth-order valence-electron chi connectivity index (χ4n) is 9.93. The zero-order valence-corrected chi connectivity index (χ0v) is 67.6. The summed E-state index contributed by atoms with van der Waals surface area (Å²) >= 11 is 0. The van der Waals surface area contributed by atoms with Gasteiger partial charge in [0.25, 0.3) is 0 Å². The molecule has 0 rings (SSSR count). The lowest BCUT2D eigenvalue weighted by Gasteiger charge is -2.21. The lowest BCUT2D eigenvalue weighted by molar-refractivity contribution is -0.161. The molecule has 0 aromatic rings. The van der Waals surface area contributed by atoms with Crippen molar-refractivity contribution in [3.05, 3.63) is 170 Å². The molecular formula is C87H142O17P2. The normalized spacial score (nSPS) is 14.7. The van der Waals surface area contributed by atoms with Gasteiger partial charge in [0.2, 0.25) is 0 Å². The van der Waals surface area contributed by atoms with Gasteiger partial charge in [0, 0.05) is 25.7 Å². The van der Waals surface area contributed by atoms with Gasteiger partial charge in [-0.2, -0.15) is 0 Å². The van der Waals surface area contributed by atoms with Gasteiger partial charge in [-0.1, -0.05) is 268 Å². The predicted molar refractivity (Wildman–Crippen MR) is 436 cm³/mol. The van der Waals surface area contributed by atoms with E-state index in [0.29, 0.717) is 44.9 Å². The molecule has 3 N–H and O–H groups in total. The minimum atomic E-state index is -5.02. The molecule has 0 saturated carbocycles. The molecule has 0 aromatic heterocycles. The van der Waals surface area contributed by atoms with E-state index in [0.717, 1.165) is 122 Å². The highest BCUT2D eigenvalue weighted by Crippen LogP contribution is 2.45. The second kappa shape index (κ2) is 77.6. The Bertz CT molecular complexity index is 2680. The lowest BCUT2D eigenvalue weighted by Crippen LogP contribution is -2.30. The van der Waals surface area contributed by atoms with E-state index in [1.165, 1.54) is 77.0 Å². The first-order valence-electron chi connectivity index (χ1n) is 40.4. The van der Waals surface area contributed by atoms with Gasteiger partial charge in [-0.15, -0.1) is 0 Å². The Morgan fingerprint density at radius 2 is 0.472 bits per heavy atom. The van der Waals surface area contributed by atoms with E-state index >= 15 is 0 Å². The highest BCUT2D eigenvalue weighted by molar-refractivity contribution is 7.47. The molecular weight excluding hydrogens is 1380 g/mol. The maximum absolute atomic E-state index is 13.1. The van der Waals surface area contributed by atoms with Crippen molar-refractivity contribution in [3.8, 4) is 0 Å². The van der Waals surface area contributed by atoms with Gasteiger partial charge in [-0.05, 0) is 173 Å². The van der Waals surface area contributed by atoms with Crippen LogP contribution in [0.15, 0.2) is 170 Å². The van der Waals surface area contributed by atoms with E-state index in [4.69, 9.17) is 37.0 Å². The van der Waals surface area contributed by atoms with Crippen molar-refractivity contribution in [3.63, 3.8) is 0 Å². The molecule has 0 spiro atoms. The first kappa shape index (κ1) is 100. The van der Waals surface area contributed by atoms with Crippen molar-refractivity contribution in [1.29, 1.82) is 0 Å². The highest BCUT2D eigenvalue weighted by Gasteiger charge is 2.30. The number of aliphatic hydroxyl groups excluding tert-OH is 1. The number of phosphoric acid groups is 2. The Morgan fingerprint density at radius 1 is 0.264 bits per heavy atom. The molecule has 0 saturated heterocycles. The molecule has 0 radical (unpaired) electrons. The third-order valence-corrected chi connectivity index (χ3v) is 18.0. The summed E-state index contributed by atoms with van der Waals surface area (Å²) in [5.41, 5.74) is 0. The number of carbonyl (C=O) groups excluding carboxylic acids is 4. The van der Waals surface area contributed by atoms with Crippen LogP contribution >= 0.6 is 15.6 Å². The predicted octanol–water partition coefficient (Wildman–Crippen LogP) is 23.8. The molecule has 0 aliphatic carbocycles. The van der Waals surface area contributed by atoms with Crippen LogP contribution in [-0.2, 0) is 65.4 Å². The molecule has 0 fully saturated rings. The number of unbranched alkanes of at least 4 members (excludes halogenated alkanes) is 20. The Kier molecular flexibility index (Phi) is 73.5. The largest absolute Gasteiger partial charge is 0.472 e. The summed E-state index contributed by atoms with van der Waals surface area (Å²) < 4.78 is 68.4. The van der Waals surface area contributed by atoms with Crippen LogP contribution in [-0.4, -0.2) is 96.7 Å². The number of esters is 4. The first-order valence-corrected chi connectivity index (χ1v) is 43.4. The molecule has 17 nitrogen and oxygen atoms in total. The van der Waals surface area contributed by atoms with Gasteiger partial charge in [-0.3, -0.25) is 37.3 Å². The summed E-state index contributed by atoms with van der Waals surface area (Å²) in [6.07, 6.45) is 92.1. The summed E-state index contributed by atoms with van der Waals surface area (Å²) in [7, 11) is -10.0. The Labute approximate surface area is 642 Å². The number of hydrogen-bond donors (Lipinski definition) is 3. The van der Waals surface area contributed by atoms with Crippen LogP contribution in [0.3, 0.4) is 0 Å². The number of hydrogen-bond acceptors (Lipinski definition) is 15. The lowest BCUT2D eigenvalue weighted by atomic mass is 10.1. The molecule has 2 unspecified atom stereocenters. The summed E-state index contributed by atoms with van der Waals surface area (Å²) in [6, 6.07) is 0. The zero-order chi connectivity index (χ0) is 77.4. The van der Waals surface area contributed by atoms with E-state index in [9.17, 15) is 43.2 Å². The SMILES string of the molecule is CCCCC/C=C\C/C=C\C/C=C\C/C=C\CCCC(=O)OC[C@H](COP(=O)(O)OC[C@@H](O)COP(=O)(O)OC[C@@H](COC(=O)CCCCCCC/C=C\C/C=C\CCCCC)OC(=O)CCC/C=C\C/C=C\C/C=C\C/C=C\CCCCC)OC(=O)CCC/C=C\C/C=C\C/C=C\C/C=C\CCCCC.